The standard InChI is InChI=1S/C6H11N3O2S/c1-2-4-8-9(3-5(10)11)6(7)12-4/h6H,2-3,7H2,1H3,(H,10,11). The third kappa shape index (κ3) is 2.12. The maximum atomic E-state index is 10.3. The molecular formula is C6H11N3O2S. The van der Waals surface area contributed by atoms with Crippen molar-refractivity contribution in [2.24, 2.45) is 10.8 Å². The minimum Gasteiger partial charge on any atom is -0.480 e. The van der Waals surface area contributed by atoms with Crippen LogP contribution in [0.15, 0.2) is 5.10 Å². The predicted molar refractivity (Wildman–Crippen MR) is 47.6 cm³/mol. The van der Waals surface area contributed by atoms with E-state index in [9.17, 15) is 4.79 Å². The highest BCUT2D eigenvalue weighted by atomic mass is 32.2. The number of carboxylic acids is 1. The lowest BCUT2D eigenvalue weighted by Crippen LogP contribution is -2.35. The van der Waals surface area contributed by atoms with Gasteiger partial charge in [-0.2, -0.15) is 5.10 Å². The molecule has 1 aliphatic heterocycles. The van der Waals surface area contributed by atoms with Crippen LogP contribution in [0.5, 0.6) is 0 Å². The molecule has 0 saturated heterocycles. The van der Waals surface area contributed by atoms with Crippen LogP contribution in [0.2, 0.25) is 0 Å². The van der Waals surface area contributed by atoms with Gasteiger partial charge < -0.3 is 10.8 Å². The molecule has 0 amide bonds. The van der Waals surface area contributed by atoms with Crippen LogP contribution in [-0.4, -0.2) is 33.2 Å². The first kappa shape index (κ1) is 9.34. The number of hydrogen-bond acceptors (Lipinski definition) is 5. The Morgan fingerprint density at radius 3 is 3.00 bits per heavy atom. The third-order valence-electron chi connectivity index (χ3n) is 1.39. The molecule has 5 nitrogen and oxygen atoms in total. The smallest absolute Gasteiger partial charge is 0.324 e. The SMILES string of the molecule is CCC1=NN(CC(=O)O)C(N)S1. The first-order valence-electron chi connectivity index (χ1n) is 3.61. The van der Waals surface area contributed by atoms with E-state index >= 15 is 0 Å². The van der Waals surface area contributed by atoms with Crippen LogP contribution in [-0.2, 0) is 4.79 Å². The highest BCUT2D eigenvalue weighted by Gasteiger charge is 2.24. The summed E-state index contributed by atoms with van der Waals surface area (Å²) in [4.78, 5) is 10.3. The van der Waals surface area contributed by atoms with Gasteiger partial charge in [0.05, 0.1) is 5.04 Å². The molecule has 1 aliphatic rings. The minimum atomic E-state index is -0.910. The second-order valence-corrected chi connectivity index (χ2v) is 3.54. The molecule has 68 valence electrons. The van der Waals surface area contributed by atoms with E-state index in [1.807, 2.05) is 6.92 Å². The van der Waals surface area contributed by atoms with Crippen LogP contribution < -0.4 is 5.73 Å². The number of thioether (sulfide) groups is 1. The molecule has 0 aromatic heterocycles. The summed E-state index contributed by atoms with van der Waals surface area (Å²) in [6.45, 7) is 1.83. The van der Waals surface area contributed by atoms with Crippen molar-refractivity contribution in [1.29, 1.82) is 0 Å². The van der Waals surface area contributed by atoms with Crippen molar-refractivity contribution in [2.45, 2.75) is 18.8 Å². The number of carbonyl (C=O) groups is 1. The molecule has 0 spiro atoms. The predicted octanol–water partition coefficient (Wildman–Crippen LogP) is 0.0856. The quantitative estimate of drug-likeness (QED) is 0.657. The zero-order chi connectivity index (χ0) is 9.14. The molecule has 1 atom stereocenters. The molecule has 3 N–H and O–H groups in total. The Hall–Kier alpha value is -0.750. The first-order chi connectivity index (χ1) is 5.63. The Morgan fingerprint density at radius 2 is 2.58 bits per heavy atom. The van der Waals surface area contributed by atoms with E-state index in [-0.39, 0.29) is 12.0 Å². The van der Waals surface area contributed by atoms with Crippen molar-refractivity contribution in [3.63, 3.8) is 0 Å². The molecule has 0 saturated carbocycles. The molecule has 0 aliphatic carbocycles. The normalized spacial score (nSPS) is 22.7. The number of carboxylic acid groups (broad SMARTS) is 1. The largest absolute Gasteiger partial charge is 0.480 e. The van der Waals surface area contributed by atoms with E-state index in [0.717, 1.165) is 11.5 Å². The van der Waals surface area contributed by atoms with Crippen molar-refractivity contribution < 1.29 is 9.90 Å². The zero-order valence-corrected chi connectivity index (χ0v) is 7.54. The molecule has 12 heavy (non-hydrogen) atoms. The second-order valence-electron chi connectivity index (χ2n) is 2.35. The van der Waals surface area contributed by atoms with E-state index in [2.05, 4.69) is 5.10 Å². The van der Waals surface area contributed by atoms with Crippen LogP contribution >= 0.6 is 11.8 Å². The fraction of sp³-hybridized carbons (Fsp3) is 0.667. The Balaban J connectivity index is 2.54. The lowest BCUT2D eigenvalue weighted by atomic mass is 10.5. The van der Waals surface area contributed by atoms with Gasteiger partial charge in [0.1, 0.15) is 12.0 Å². The van der Waals surface area contributed by atoms with Gasteiger partial charge in [-0.15, -0.1) is 0 Å². The number of hydrogen-bond donors (Lipinski definition) is 2. The van der Waals surface area contributed by atoms with Crippen molar-refractivity contribution in [3.8, 4) is 0 Å². The van der Waals surface area contributed by atoms with Crippen LogP contribution in [0.25, 0.3) is 0 Å². The molecule has 6 heteroatoms. The highest BCUT2D eigenvalue weighted by molar-refractivity contribution is 8.14. The molecule has 1 unspecified atom stereocenters. The second kappa shape index (κ2) is 3.77. The van der Waals surface area contributed by atoms with E-state index in [0.29, 0.717) is 0 Å². The number of hydrazone groups is 1. The average molecular weight is 189 g/mol. The molecule has 1 rings (SSSR count). The van der Waals surface area contributed by atoms with Gasteiger partial charge in [0.25, 0.3) is 0 Å². The summed E-state index contributed by atoms with van der Waals surface area (Å²) in [5.74, 6) is -0.910. The molecular weight excluding hydrogens is 178 g/mol. The minimum absolute atomic E-state index is 0.127. The topological polar surface area (TPSA) is 78.9 Å². The Kier molecular flexibility index (Phi) is 2.93. The number of nitrogens with two attached hydrogens (primary N) is 1. The third-order valence-corrected chi connectivity index (χ3v) is 2.52. The number of aliphatic carboxylic acids is 1. The van der Waals surface area contributed by atoms with Gasteiger partial charge in [0.15, 0.2) is 0 Å². The fourth-order valence-electron chi connectivity index (χ4n) is 0.842. The lowest BCUT2D eigenvalue weighted by Gasteiger charge is -2.15. The molecule has 0 bridgehead atoms. The van der Waals surface area contributed by atoms with Crippen LogP contribution in [0.1, 0.15) is 13.3 Å². The summed E-state index contributed by atoms with van der Waals surface area (Å²) in [5.41, 5.74) is 5.27. The van der Waals surface area contributed by atoms with Crippen LogP contribution in [0, 0.1) is 0 Å². The maximum absolute atomic E-state index is 10.3. The van der Waals surface area contributed by atoms with E-state index in [4.69, 9.17) is 10.8 Å². The van der Waals surface area contributed by atoms with Gasteiger partial charge in [-0.1, -0.05) is 18.7 Å². The average Bonchev–Trinajstić information content (AvgIpc) is 2.31. The fourth-order valence-corrected chi connectivity index (χ4v) is 1.68. The lowest BCUT2D eigenvalue weighted by molar-refractivity contribution is -0.138. The van der Waals surface area contributed by atoms with Crippen molar-refractivity contribution in [1.82, 2.24) is 5.01 Å². The molecule has 0 fully saturated rings. The van der Waals surface area contributed by atoms with Gasteiger partial charge in [-0.25, -0.2) is 0 Å². The molecule has 0 radical (unpaired) electrons. The van der Waals surface area contributed by atoms with Crippen molar-refractivity contribution in [3.05, 3.63) is 0 Å². The molecule has 1 heterocycles. The van der Waals surface area contributed by atoms with Crippen LogP contribution in [0.4, 0.5) is 0 Å². The van der Waals surface area contributed by atoms with Crippen LogP contribution in [0.3, 0.4) is 0 Å². The summed E-state index contributed by atoms with van der Waals surface area (Å²) in [7, 11) is 0. The van der Waals surface area contributed by atoms with Gasteiger partial charge in [-0.05, 0) is 6.42 Å². The monoisotopic (exact) mass is 189 g/mol. The first-order valence-corrected chi connectivity index (χ1v) is 4.49. The summed E-state index contributed by atoms with van der Waals surface area (Å²) in [5, 5.41) is 14.8. The molecule has 0 aromatic carbocycles. The van der Waals surface area contributed by atoms with E-state index in [1.165, 1.54) is 16.8 Å². The van der Waals surface area contributed by atoms with Gasteiger partial charge in [0, 0.05) is 0 Å². The van der Waals surface area contributed by atoms with E-state index < -0.39 is 5.97 Å². The van der Waals surface area contributed by atoms with Crippen molar-refractivity contribution >= 4 is 22.8 Å². The summed E-state index contributed by atoms with van der Waals surface area (Å²) >= 11 is 1.41. The Labute approximate surface area is 74.6 Å². The van der Waals surface area contributed by atoms with E-state index in [1.54, 1.807) is 0 Å². The maximum Gasteiger partial charge on any atom is 0.324 e. The number of rotatable bonds is 3. The highest BCUT2D eigenvalue weighted by Crippen LogP contribution is 2.23. The van der Waals surface area contributed by atoms with Gasteiger partial charge in [0.2, 0.25) is 0 Å². The van der Waals surface area contributed by atoms with Gasteiger partial charge >= 0.3 is 5.97 Å². The zero-order valence-electron chi connectivity index (χ0n) is 6.73. The summed E-state index contributed by atoms with van der Waals surface area (Å²) in [6.07, 6.45) is 0.800. The Bertz CT molecular complexity index is 219. The Morgan fingerprint density at radius 1 is 1.92 bits per heavy atom. The summed E-state index contributed by atoms with van der Waals surface area (Å²) in [6, 6.07) is 0. The van der Waals surface area contributed by atoms with Crippen molar-refractivity contribution in [2.75, 3.05) is 6.54 Å². The van der Waals surface area contributed by atoms with Gasteiger partial charge in [-0.3, -0.25) is 9.80 Å². The summed E-state index contributed by atoms with van der Waals surface area (Å²) < 4.78 is 0. The number of nitrogens with zero attached hydrogens (tertiary/aromatic N) is 2. The molecule has 0 aromatic rings.